The van der Waals surface area contributed by atoms with E-state index in [1.807, 2.05) is 55.5 Å². The Balaban J connectivity index is 1.79. The molecule has 0 aliphatic carbocycles. The van der Waals surface area contributed by atoms with Crippen LogP contribution >= 0.6 is 0 Å². The van der Waals surface area contributed by atoms with Crippen LogP contribution in [0.2, 0.25) is 0 Å². The van der Waals surface area contributed by atoms with Crippen molar-refractivity contribution in [2.75, 3.05) is 5.73 Å². The average Bonchev–Trinajstić information content (AvgIpc) is 2.57. The summed E-state index contributed by atoms with van der Waals surface area (Å²) in [4.78, 5) is 4.39. The summed E-state index contributed by atoms with van der Waals surface area (Å²) in [6.07, 6.45) is 1.70. The molecule has 2 aromatic carbocycles. The highest BCUT2D eigenvalue weighted by atomic mass is 16.5. The molecule has 0 fully saturated rings. The van der Waals surface area contributed by atoms with Gasteiger partial charge in [0.1, 0.15) is 12.4 Å². The molecular weight excluding hydrogens is 272 g/mol. The van der Waals surface area contributed by atoms with E-state index in [0.29, 0.717) is 12.3 Å². The lowest BCUT2D eigenvalue weighted by Gasteiger charge is -2.09. The lowest BCUT2D eigenvalue weighted by atomic mass is 10.1. The van der Waals surface area contributed by atoms with Gasteiger partial charge in [-0.2, -0.15) is 0 Å². The topological polar surface area (TPSA) is 48.1 Å². The maximum atomic E-state index is 5.86. The summed E-state index contributed by atoms with van der Waals surface area (Å²) in [6, 6.07) is 20.1. The van der Waals surface area contributed by atoms with Gasteiger partial charge in [0.2, 0.25) is 0 Å². The second kappa shape index (κ2) is 6.31. The standard InChI is InChI=1S/C19H18N2O/c1-14-10-19(21-12-18(14)20)16-8-5-9-17(11-16)22-13-15-6-3-2-4-7-15/h2-12H,13,20H2,1H3. The van der Waals surface area contributed by atoms with Crippen molar-refractivity contribution in [2.45, 2.75) is 13.5 Å². The van der Waals surface area contributed by atoms with Crippen LogP contribution in [0.3, 0.4) is 0 Å². The van der Waals surface area contributed by atoms with Crippen molar-refractivity contribution < 1.29 is 4.74 Å². The van der Waals surface area contributed by atoms with Gasteiger partial charge in [0.05, 0.1) is 17.6 Å². The van der Waals surface area contributed by atoms with Crippen molar-refractivity contribution in [2.24, 2.45) is 0 Å². The Bertz CT molecular complexity index is 769. The number of aromatic nitrogens is 1. The van der Waals surface area contributed by atoms with E-state index in [1.54, 1.807) is 6.20 Å². The molecule has 0 saturated carbocycles. The zero-order chi connectivity index (χ0) is 15.4. The van der Waals surface area contributed by atoms with E-state index >= 15 is 0 Å². The number of ether oxygens (including phenoxy) is 1. The van der Waals surface area contributed by atoms with E-state index in [2.05, 4.69) is 17.1 Å². The van der Waals surface area contributed by atoms with Crippen molar-refractivity contribution in [1.82, 2.24) is 4.98 Å². The molecule has 2 N–H and O–H groups in total. The molecule has 3 rings (SSSR count). The van der Waals surface area contributed by atoms with Crippen molar-refractivity contribution in [3.8, 4) is 17.0 Å². The van der Waals surface area contributed by atoms with Crippen molar-refractivity contribution >= 4 is 5.69 Å². The monoisotopic (exact) mass is 290 g/mol. The maximum absolute atomic E-state index is 5.86. The fraction of sp³-hybridized carbons (Fsp3) is 0.105. The van der Waals surface area contributed by atoms with Crippen LogP contribution in [0.5, 0.6) is 5.75 Å². The second-order valence-corrected chi connectivity index (χ2v) is 5.23. The van der Waals surface area contributed by atoms with Gasteiger partial charge in [-0.15, -0.1) is 0 Å². The smallest absolute Gasteiger partial charge is 0.120 e. The third-order valence-corrected chi connectivity index (χ3v) is 3.53. The summed E-state index contributed by atoms with van der Waals surface area (Å²) in [6.45, 7) is 2.54. The molecule has 0 radical (unpaired) electrons. The van der Waals surface area contributed by atoms with E-state index in [0.717, 1.165) is 28.1 Å². The number of hydrogen-bond acceptors (Lipinski definition) is 3. The minimum Gasteiger partial charge on any atom is -0.489 e. The lowest BCUT2D eigenvalue weighted by molar-refractivity contribution is 0.306. The molecule has 1 aromatic heterocycles. The molecule has 0 aliphatic rings. The molecule has 0 unspecified atom stereocenters. The molecule has 0 aliphatic heterocycles. The maximum Gasteiger partial charge on any atom is 0.120 e. The second-order valence-electron chi connectivity index (χ2n) is 5.23. The number of nitrogens with zero attached hydrogens (tertiary/aromatic N) is 1. The van der Waals surface area contributed by atoms with Crippen LogP contribution in [-0.4, -0.2) is 4.98 Å². The number of anilines is 1. The SMILES string of the molecule is Cc1cc(-c2cccc(OCc3ccccc3)c2)ncc1N. The van der Waals surface area contributed by atoms with Crippen molar-refractivity contribution in [1.29, 1.82) is 0 Å². The van der Waals surface area contributed by atoms with Crippen LogP contribution in [0.15, 0.2) is 66.9 Å². The van der Waals surface area contributed by atoms with Gasteiger partial charge in [-0.1, -0.05) is 42.5 Å². The predicted molar refractivity (Wildman–Crippen MR) is 89.6 cm³/mol. The van der Waals surface area contributed by atoms with Crippen molar-refractivity contribution in [3.63, 3.8) is 0 Å². The number of pyridine rings is 1. The molecule has 3 nitrogen and oxygen atoms in total. The number of benzene rings is 2. The molecule has 110 valence electrons. The number of aryl methyl sites for hydroxylation is 1. The first-order chi connectivity index (χ1) is 10.7. The van der Waals surface area contributed by atoms with E-state index < -0.39 is 0 Å². The van der Waals surface area contributed by atoms with Crippen molar-refractivity contribution in [3.05, 3.63) is 78.0 Å². The summed E-state index contributed by atoms with van der Waals surface area (Å²) >= 11 is 0. The van der Waals surface area contributed by atoms with E-state index in [1.165, 1.54) is 0 Å². The normalized spacial score (nSPS) is 10.4. The molecule has 0 atom stereocenters. The van der Waals surface area contributed by atoms with Crippen LogP contribution in [0.25, 0.3) is 11.3 Å². The summed E-state index contributed by atoms with van der Waals surface area (Å²) < 4.78 is 5.86. The highest BCUT2D eigenvalue weighted by Crippen LogP contribution is 2.24. The molecule has 3 aromatic rings. The van der Waals surface area contributed by atoms with Crippen LogP contribution in [-0.2, 0) is 6.61 Å². The zero-order valence-corrected chi connectivity index (χ0v) is 12.5. The van der Waals surface area contributed by atoms with Gasteiger partial charge in [0.25, 0.3) is 0 Å². The van der Waals surface area contributed by atoms with Gasteiger partial charge < -0.3 is 10.5 Å². The molecule has 0 saturated heterocycles. The number of nitrogen functional groups attached to an aromatic ring is 1. The first kappa shape index (κ1) is 14.1. The molecule has 3 heteroatoms. The molecule has 0 amide bonds. The highest BCUT2D eigenvalue weighted by molar-refractivity contribution is 5.64. The van der Waals surface area contributed by atoms with Gasteiger partial charge in [0, 0.05) is 5.56 Å². The minimum atomic E-state index is 0.554. The zero-order valence-electron chi connectivity index (χ0n) is 12.5. The molecule has 1 heterocycles. The number of rotatable bonds is 4. The van der Waals surface area contributed by atoms with Crippen LogP contribution in [0, 0.1) is 6.92 Å². The first-order valence-corrected chi connectivity index (χ1v) is 7.21. The Labute approximate surface area is 130 Å². The third kappa shape index (κ3) is 3.26. The summed E-state index contributed by atoms with van der Waals surface area (Å²) in [5, 5.41) is 0. The Morgan fingerprint density at radius 2 is 1.82 bits per heavy atom. The molecule has 0 spiro atoms. The number of nitrogens with two attached hydrogens (primary N) is 1. The Hall–Kier alpha value is -2.81. The number of hydrogen-bond donors (Lipinski definition) is 1. The van der Waals surface area contributed by atoms with E-state index in [9.17, 15) is 0 Å². The van der Waals surface area contributed by atoms with E-state index in [-0.39, 0.29) is 0 Å². The first-order valence-electron chi connectivity index (χ1n) is 7.21. The lowest BCUT2D eigenvalue weighted by Crippen LogP contribution is -1.96. The van der Waals surface area contributed by atoms with Gasteiger partial charge in [-0.05, 0) is 36.2 Å². The van der Waals surface area contributed by atoms with Crippen LogP contribution in [0.1, 0.15) is 11.1 Å². The van der Waals surface area contributed by atoms with Gasteiger partial charge in [0.15, 0.2) is 0 Å². The third-order valence-electron chi connectivity index (χ3n) is 3.53. The van der Waals surface area contributed by atoms with Gasteiger partial charge >= 0.3 is 0 Å². The summed E-state index contributed by atoms with van der Waals surface area (Å²) in [5.41, 5.74) is 10.6. The largest absolute Gasteiger partial charge is 0.489 e. The minimum absolute atomic E-state index is 0.554. The van der Waals surface area contributed by atoms with Crippen LogP contribution in [0.4, 0.5) is 5.69 Å². The Morgan fingerprint density at radius 3 is 2.59 bits per heavy atom. The predicted octanol–water partition coefficient (Wildman–Crippen LogP) is 4.22. The molecule has 0 bridgehead atoms. The highest BCUT2D eigenvalue weighted by Gasteiger charge is 2.04. The Morgan fingerprint density at radius 1 is 1.00 bits per heavy atom. The average molecular weight is 290 g/mol. The van der Waals surface area contributed by atoms with Gasteiger partial charge in [-0.25, -0.2) is 0 Å². The van der Waals surface area contributed by atoms with E-state index in [4.69, 9.17) is 10.5 Å². The molecular formula is C19H18N2O. The quantitative estimate of drug-likeness (QED) is 0.782. The Kier molecular flexibility index (Phi) is 4.05. The summed E-state index contributed by atoms with van der Waals surface area (Å²) in [7, 11) is 0. The fourth-order valence-corrected chi connectivity index (χ4v) is 2.21. The van der Waals surface area contributed by atoms with Gasteiger partial charge in [-0.3, -0.25) is 4.98 Å². The molecule has 22 heavy (non-hydrogen) atoms. The van der Waals surface area contributed by atoms with Crippen LogP contribution < -0.4 is 10.5 Å². The summed E-state index contributed by atoms with van der Waals surface area (Å²) in [5.74, 6) is 0.831. The fourth-order valence-electron chi connectivity index (χ4n) is 2.21.